The molecule has 0 fully saturated rings. The van der Waals surface area contributed by atoms with Crippen molar-refractivity contribution < 1.29 is 0 Å². The molecule has 5 heteroatoms. The summed E-state index contributed by atoms with van der Waals surface area (Å²) >= 11 is 4.93. The number of aryl methyl sites for hydroxylation is 1. The van der Waals surface area contributed by atoms with Gasteiger partial charge in [0.2, 0.25) is 0 Å². The molecule has 0 aliphatic rings. The van der Waals surface area contributed by atoms with Crippen molar-refractivity contribution >= 4 is 23.0 Å². The van der Waals surface area contributed by atoms with Crippen LogP contribution in [-0.4, -0.2) is 15.0 Å². The number of rotatable bonds is 4. The SMILES string of the molecule is Cc1ccncc1CNc1cc(C(N)=S)ccn1. The first-order chi connectivity index (χ1) is 8.66. The van der Waals surface area contributed by atoms with Gasteiger partial charge in [-0.3, -0.25) is 4.98 Å². The van der Waals surface area contributed by atoms with Crippen molar-refractivity contribution in [2.45, 2.75) is 13.5 Å². The van der Waals surface area contributed by atoms with E-state index in [9.17, 15) is 0 Å². The van der Waals surface area contributed by atoms with E-state index < -0.39 is 0 Å². The van der Waals surface area contributed by atoms with Gasteiger partial charge in [0.15, 0.2) is 0 Å². The second-order valence-corrected chi connectivity index (χ2v) is 4.39. The van der Waals surface area contributed by atoms with Crippen LogP contribution in [0.4, 0.5) is 5.82 Å². The first-order valence-electron chi connectivity index (χ1n) is 5.56. The van der Waals surface area contributed by atoms with E-state index in [-0.39, 0.29) is 0 Å². The van der Waals surface area contributed by atoms with Gasteiger partial charge in [0, 0.05) is 30.7 Å². The lowest BCUT2D eigenvalue weighted by Gasteiger charge is -2.08. The molecule has 0 saturated heterocycles. The van der Waals surface area contributed by atoms with Crippen molar-refractivity contribution in [2.75, 3.05) is 5.32 Å². The van der Waals surface area contributed by atoms with E-state index in [0.29, 0.717) is 11.5 Å². The van der Waals surface area contributed by atoms with Crippen molar-refractivity contribution in [3.8, 4) is 0 Å². The van der Waals surface area contributed by atoms with Crippen molar-refractivity contribution in [3.63, 3.8) is 0 Å². The van der Waals surface area contributed by atoms with Crippen LogP contribution in [0.3, 0.4) is 0 Å². The first-order valence-corrected chi connectivity index (χ1v) is 5.97. The van der Waals surface area contributed by atoms with E-state index in [1.54, 1.807) is 18.5 Å². The maximum absolute atomic E-state index is 5.58. The molecular weight excluding hydrogens is 244 g/mol. The molecule has 0 amide bonds. The number of anilines is 1. The molecule has 3 N–H and O–H groups in total. The summed E-state index contributed by atoms with van der Waals surface area (Å²) in [6.07, 6.45) is 5.32. The smallest absolute Gasteiger partial charge is 0.126 e. The van der Waals surface area contributed by atoms with Gasteiger partial charge < -0.3 is 11.1 Å². The standard InChI is InChI=1S/C13H14N4S/c1-9-2-4-15-7-11(9)8-17-12-6-10(13(14)18)3-5-16-12/h2-7H,8H2,1H3,(H2,14,18)(H,16,17). The molecule has 0 aliphatic heterocycles. The summed E-state index contributed by atoms with van der Waals surface area (Å²) < 4.78 is 0. The zero-order valence-corrected chi connectivity index (χ0v) is 10.9. The normalized spacial score (nSPS) is 10.1. The van der Waals surface area contributed by atoms with Crippen molar-refractivity contribution in [1.29, 1.82) is 0 Å². The number of thiocarbonyl (C=S) groups is 1. The second-order valence-electron chi connectivity index (χ2n) is 3.95. The Kier molecular flexibility index (Phi) is 3.84. The average Bonchev–Trinajstić information content (AvgIpc) is 2.38. The third-order valence-electron chi connectivity index (χ3n) is 2.65. The van der Waals surface area contributed by atoms with Crippen LogP contribution in [0.2, 0.25) is 0 Å². The minimum Gasteiger partial charge on any atom is -0.389 e. The zero-order valence-electron chi connectivity index (χ0n) is 10.1. The van der Waals surface area contributed by atoms with Gasteiger partial charge >= 0.3 is 0 Å². The fraction of sp³-hybridized carbons (Fsp3) is 0.154. The molecule has 2 aromatic rings. The monoisotopic (exact) mass is 258 g/mol. The van der Waals surface area contributed by atoms with Crippen LogP contribution < -0.4 is 11.1 Å². The third-order valence-corrected chi connectivity index (χ3v) is 2.89. The average molecular weight is 258 g/mol. The van der Waals surface area contributed by atoms with Gasteiger partial charge in [0.05, 0.1) is 0 Å². The van der Waals surface area contributed by atoms with E-state index in [4.69, 9.17) is 18.0 Å². The number of pyridine rings is 2. The maximum atomic E-state index is 5.58. The van der Waals surface area contributed by atoms with Gasteiger partial charge in [0.25, 0.3) is 0 Å². The summed E-state index contributed by atoms with van der Waals surface area (Å²) in [6, 6.07) is 5.62. The van der Waals surface area contributed by atoms with Gasteiger partial charge in [-0.25, -0.2) is 4.98 Å². The van der Waals surface area contributed by atoms with Gasteiger partial charge in [-0.05, 0) is 36.2 Å². The summed E-state index contributed by atoms with van der Waals surface area (Å²) in [5.41, 5.74) is 8.73. The summed E-state index contributed by atoms with van der Waals surface area (Å²) in [6.45, 7) is 2.73. The van der Waals surface area contributed by atoms with E-state index >= 15 is 0 Å². The Bertz CT molecular complexity index is 568. The van der Waals surface area contributed by atoms with Crippen molar-refractivity contribution in [1.82, 2.24) is 9.97 Å². The Hall–Kier alpha value is -2.01. The highest BCUT2D eigenvalue weighted by Gasteiger charge is 2.01. The lowest BCUT2D eigenvalue weighted by Crippen LogP contribution is -2.10. The predicted molar refractivity (Wildman–Crippen MR) is 76.4 cm³/mol. The van der Waals surface area contributed by atoms with E-state index in [1.165, 1.54) is 5.56 Å². The fourth-order valence-electron chi connectivity index (χ4n) is 1.55. The van der Waals surface area contributed by atoms with Gasteiger partial charge in [0.1, 0.15) is 10.8 Å². The lowest BCUT2D eigenvalue weighted by atomic mass is 10.1. The molecule has 18 heavy (non-hydrogen) atoms. The van der Waals surface area contributed by atoms with Crippen LogP contribution in [0.25, 0.3) is 0 Å². The zero-order chi connectivity index (χ0) is 13.0. The number of hydrogen-bond acceptors (Lipinski definition) is 4. The molecule has 0 saturated carbocycles. The van der Waals surface area contributed by atoms with Crippen LogP contribution in [0.5, 0.6) is 0 Å². The van der Waals surface area contributed by atoms with Gasteiger partial charge in [-0.2, -0.15) is 0 Å². The minimum absolute atomic E-state index is 0.373. The fourth-order valence-corrected chi connectivity index (χ4v) is 1.67. The van der Waals surface area contributed by atoms with E-state index in [1.807, 2.05) is 18.3 Å². The predicted octanol–water partition coefficient (Wildman–Crippen LogP) is 2.03. The molecule has 2 aromatic heterocycles. The summed E-state index contributed by atoms with van der Waals surface area (Å²) in [5, 5.41) is 3.23. The molecule has 0 atom stereocenters. The number of nitrogens with one attached hydrogen (secondary N) is 1. The molecule has 0 aromatic carbocycles. The summed E-state index contributed by atoms with van der Waals surface area (Å²) in [7, 11) is 0. The van der Waals surface area contributed by atoms with Gasteiger partial charge in [-0.15, -0.1) is 0 Å². The quantitative estimate of drug-likeness (QED) is 0.822. The highest BCUT2D eigenvalue weighted by Crippen LogP contribution is 2.10. The second kappa shape index (κ2) is 5.55. The topological polar surface area (TPSA) is 63.8 Å². The van der Waals surface area contributed by atoms with Gasteiger partial charge in [-0.1, -0.05) is 12.2 Å². The molecule has 0 unspecified atom stereocenters. The molecule has 92 valence electrons. The molecule has 0 spiro atoms. The van der Waals surface area contributed by atoms with Crippen molar-refractivity contribution in [3.05, 3.63) is 53.5 Å². The Morgan fingerprint density at radius 1 is 1.39 bits per heavy atom. The minimum atomic E-state index is 0.373. The number of aromatic nitrogens is 2. The molecule has 2 heterocycles. The number of hydrogen-bond donors (Lipinski definition) is 2. The molecule has 0 aliphatic carbocycles. The Labute approximate surface area is 111 Å². The van der Waals surface area contributed by atoms with Crippen LogP contribution in [0.1, 0.15) is 16.7 Å². The maximum Gasteiger partial charge on any atom is 0.126 e. The highest BCUT2D eigenvalue weighted by atomic mass is 32.1. The van der Waals surface area contributed by atoms with Crippen molar-refractivity contribution in [2.24, 2.45) is 5.73 Å². The Morgan fingerprint density at radius 3 is 2.94 bits per heavy atom. The van der Waals surface area contributed by atoms with Crippen LogP contribution in [0.15, 0.2) is 36.8 Å². The molecule has 0 radical (unpaired) electrons. The third kappa shape index (κ3) is 3.01. The van der Waals surface area contributed by atoms with Crippen LogP contribution >= 0.6 is 12.2 Å². The van der Waals surface area contributed by atoms with Crippen LogP contribution in [0, 0.1) is 6.92 Å². The Balaban J connectivity index is 2.09. The largest absolute Gasteiger partial charge is 0.389 e. The first kappa shape index (κ1) is 12.4. The molecule has 4 nitrogen and oxygen atoms in total. The van der Waals surface area contributed by atoms with Crippen LogP contribution in [-0.2, 0) is 6.54 Å². The molecular formula is C13H14N4S. The van der Waals surface area contributed by atoms with E-state index in [0.717, 1.165) is 16.9 Å². The summed E-state index contributed by atoms with van der Waals surface area (Å²) in [5.74, 6) is 0.753. The highest BCUT2D eigenvalue weighted by molar-refractivity contribution is 7.80. The lowest BCUT2D eigenvalue weighted by molar-refractivity contribution is 1.06. The Morgan fingerprint density at radius 2 is 2.22 bits per heavy atom. The number of nitrogens with two attached hydrogens (primary N) is 1. The molecule has 2 rings (SSSR count). The van der Waals surface area contributed by atoms with E-state index in [2.05, 4.69) is 22.2 Å². The number of nitrogens with zero attached hydrogens (tertiary/aromatic N) is 2. The summed E-state index contributed by atoms with van der Waals surface area (Å²) in [4.78, 5) is 8.70. The molecule has 0 bridgehead atoms.